The van der Waals surface area contributed by atoms with E-state index < -0.39 is 5.60 Å². The van der Waals surface area contributed by atoms with Crippen LogP contribution in [0.2, 0.25) is 0 Å². The Morgan fingerprint density at radius 1 is 0.900 bits per heavy atom. The van der Waals surface area contributed by atoms with Crippen molar-refractivity contribution >= 4 is 16.9 Å². The molecule has 0 spiro atoms. The molecule has 1 aliphatic carbocycles. The second-order valence-corrected chi connectivity index (χ2v) is 10.3. The normalized spacial score (nSPS) is 19.2. The van der Waals surface area contributed by atoms with E-state index in [2.05, 4.69) is 56.6 Å². The molecule has 0 saturated heterocycles. The molecule has 3 atom stereocenters. The first-order chi connectivity index (χ1) is 19.7. The van der Waals surface area contributed by atoms with Crippen molar-refractivity contribution in [3.63, 3.8) is 0 Å². The summed E-state index contributed by atoms with van der Waals surface area (Å²) in [5.41, 5.74) is 2.73. The van der Waals surface area contributed by atoms with Gasteiger partial charge in [-0.1, -0.05) is 91.0 Å². The maximum atomic E-state index is 12.9. The van der Waals surface area contributed by atoms with Crippen LogP contribution in [0.25, 0.3) is 16.9 Å². The number of nitrogens with zero attached hydrogens (tertiary/aromatic N) is 5. The fraction of sp³-hybridized carbons (Fsp3) is 0.226. The largest absolute Gasteiger partial charge is 0.396 e. The summed E-state index contributed by atoms with van der Waals surface area (Å²) in [6.45, 7) is 0.423. The summed E-state index contributed by atoms with van der Waals surface area (Å²) in [7, 11) is 0. The van der Waals surface area contributed by atoms with Gasteiger partial charge in [-0.15, -0.1) is 0 Å². The number of fused-ring (bicyclic) bond motifs is 2. The van der Waals surface area contributed by atoms with Crippen LogP contribution >= 0.6 is 0 Å². The lowest BCUT2D eigenvalue weighted by Gasteiger charge is -2.46. The second-order valence-electron chi connectivity index (χ2n) is 10.3. The van der Waals surface area contributed by atoms with E-state index in [0.717, 1.165) is 23.1 Å². The van der Waals surface area contributed by atoms with E-state index in [4.69, 9.17) is 4.74 Å². The minimum Gasteiger partial charge on any atom is -0.396 e. The molecule has 7 rings (SSSR count). The van der Waals surface area contributed by atoms with E-state index in [1.165, 1.54) is 10.7 Å². The second kappa shape index (κ2) is 9.86. The van der Waals surface area contributed by atoms with Gasteiger partial charge >= 0.3 is 0 Å². The highest BCUT2D eigenvalue weighted by Crippen LogP contribution is 2.48. The SMILES string of the molecule is O=c1c2ncn([C@@H]3C[C@H](CO)[C@H]3COC(c3ccccc3)(c3ccccc3)c3ccccc3)c2nc2[nH]ncn12. The highest BCUT2D eigenvalue weighted by atomic mass is 16.5. The molecule has 0 amide bonds. The number of hydrogen-bond acceptors (Lipinski definition) is 6. The lowest BCUT2D eigenvalue weighted by molar-refractivity contribution is -0.0762. The van der Waals surface area contributed by atoms with Crippen LogP contribution in [-0.4, -0.2) is 47.5 Å². The van der Waals surface area contributed by atoms with Crippen molar-refractivity contribution in [2.75, 3.05) is 13.2 Å². The summed E-state index contributed by atoms with van der Waals surface area (Å²) in [5.74, 6) is 0.376. The summed E-state index contributed by atoms with van der Waals surface area (Å²) in [6, 6.07) is 30.7. The molecule has 3 aromatic carbocycles. The predicted octanol–water partition coefficient (Wildman–Crippen LogP) is 3.95. The Kier molecular flexibility index (Phi) is 6.02. The van der Waals surface area contributed by atoms with Gasteiger partial charge in [0.25, 0.3) is 5.56 Å². The Morgan fingerprint density at radius 3 is 2.08 bits per heavy atom. The molecule has 6 aromatic rings. The number of aliphatic hydroxyl groups is 1. The molecular formula is C31H28N6O3. The van der Waals surface area contributed by atoms with Crippen LogP contribution in [0, 0.1) is 11.8 Å². The lowest BCUT2D eigenvalue weighted by atomic mass is 9.69. The van der Waals surface area contributed by atoms with Crippen molar-refractivity contribution in [2.24, 2.45) is 11.8 Å². The first-order valence-corrected chi connectivity index (χ1v) is 13.4. The van der Waals surface area contributed by atoms with Crippen molar-refractivity contribution in [3.8, 4) is 0 Å². The molecule has 200 valence electrons. The Hall–Kier alpha value is -4.60. The Bertz CT molecular complexity index is 1720. The Morgan fingerprint density at radius 2 is 1.50 bits per heavy atom. The van der Waals surface area contributed by atoms with Gasteiger partial charge in [0.2, 0.25) is 5.78 Å². The molecular weight excluding hydrogens is 504 g/mol. The fourth-order valence-corrected chi connectivity index (χ4v) is 6.10. The van der Waals surface area contributed by atoms with Gasteiger partial charge in [-0.2, -0.15) is 10.1 Å². The van der Waals surface area contributed by atoms with Crippen LogP contribution < -0.4 is 5.56 Å². The number of H-pyrrole nitrogens is 1. The molecule has 2 N–H and O–H groups in total. The zero-order valence-electron chi connectivity index (χ0n) is 21.7. The van der Waals surface area contributed by atoms with E-state index in [9.17, 15) is 9.90 Å². The summed E-state index contributed by atoms with van der Waals surface area (Å²) in [4.78, 5) is 22.0. The number of aromatic nitrogens is 6. The summed E-state index contributed by atoms with van der Waals surface area (Å²) in [6.07, 6.45) is 3.81. The molecule has 0 unspecified atom stereocenters. The van der Waals surface area contributed by atoms with Crippen LogP contribution in [0.5, 0.6) is 0 Å². The van der Waals surface area contributed by atoms with Crippen molar-refractivity contribution in [1.29, 1.82) is 0 Å². The number of aliphatic hydroxyl groups excluding tert-OH is 1. The number of ether oxygens (including phenoxy) is 1. The maximum Gasteiger partial charge on any atom is 0.288 e. The highest BCUT2D eigenvalue weighted by Gasteiger charge is 2.46. The topological polar surface area (TPSA) is 110 Å². The zero-order chi connectivity index (χ0) is 27.1. The number of rotatable bonds is 8. The van der Waals surface area contributed by atoms with Crippen molar-refractivity contribution in [1.82, 2.24) is 29.1 Å². The Balaban J connectivity index is 1.30. The minimum atomic E-state index is -0.861. The molecule has 0 radical (unpaired) electrons. The molecule has 1 saturated carbocycles. The van der Waals surface area contributed by atoms with E-state index in [0.29, 0.717) is 23.5 Å². The van der Waals surface area contributed by atoms with Gasteiger partial charge < -0.3 is 14.4 Å². The molecule has 3 heterocycles. The molecule has 9 heteroatoms. The van der Waals surface area contributed by atoms with Crippen LogP contribution in [-0.2, 0) is 10.3 Å². The third-order valence-electron chi connectivity index (χ3n) is 8.24. The number of benzene rings is 3. The van der Waals surface area contributed by atoms with Gasteiger partial charge in [0.05, 0.1) is 12.9 Å². The Labute approximate surface area is 229 Å². The van der Waals surface area contributed by atoms with Gasteiger partial charge in [0, 0.05) is 18.6 Å². The van der Waals surface area contributed by atoms with Gasteiger partial charge in [0.15, 0.2) is 11.2 Å². The minimum absolute atomic E-state index is 0.0278. The quantitative estimate of drug-likeness (QED) is 0.287. The van der Waals surface area contributed by atoms with Crippen LogP contribution in [0.3, 0.4) is 0 Å². The molecule has 9 nitrogen and oxygen atoms in total. The molecule has 40 heavy (non-hydrogen) atoms. The summed E-state index contributed by atoms with van der Waals surface area (Å²) in [5, 5.41) is 17.0. The predicted molar refractivity (Wildman–Crippen MR) is 150 cm³/mol. The zero-order valence-corrected chi connectivity index (χ0v) is 21.7. The molecule has 1 fully saturated rings. The maximum absolute atomic E-state index is 12.9. The van der Waals surface area contributed by atoms with Crippen molar-refractivity contribution < 1.29 is 9.84 Å². The molecule has 3 aromatic heterocycles. The molecule has 1 aliphatic rings. The van der Waals surface area contributed by atoms with E-state index in [-0.39, 0.29) is 30.0 Å². The number of hydrogen-bond donors (Lipinski definition) is 2. The van der Waals surface area contributed by atoms with E-state index >= 15 is 0 Å². The first kappa shape index (κ1) is 24.4. The average Bonchev–Trinajstić information content (AvgIpc) is 3.65. The monoisotopic (exact) mass is 532 g/mol. The fourth-order valence-electron chi connectivity index (χ4n) is 6.10. The number of imidazole rings is 1. The third kappa shape index (κ3) is 3.77. The summed E-state index contributed by atoms with van der Waals surface area (Å²) >= 11 is 0. The van der Waals surface area contributed by atoms with Gasteiger partial charge in [-0.05, 0) is 29.0 Å². The van der Waals surface area contributed by atoms with Crippen LogP contribution in [0.4, 0.5) is 0 Å². The van der Waals surface area contributed by atoms with Crippen molar-refractivity contribution in [2.45, 2.75) is 18.1 Å². The number of aromatic amines is 1. The smallest absolute Gasteiger partial charge is 0.288 e. The highest BCUT2D eigenvalue weighted by molar-refractivity contribution is 5.71. The molecule has 0 bridgehead atoms. The summed E-state index contributed by atoms with van der Waals surface area (Å²) < 4.78 is 10.4. The third-order valence-corrected chi connectivity index (χ3v) is 8.24. The van der Waals surface area contributed by atoms with Gasteiger partial charge in [-0.25, -0.2) is 14.5 Å². The average molecular weight is 533 g/mol. The first-order valence-electron chi connectivity index (χ1n) is 13.4. The van der Waals surface area contributed by atoms with E-state index in [1.54, 1.807) is 6.33 Å². The van der Waals surface area contributed by atoms with Crippen molar-refractivity contribution in [3.05, 3.63) is 131 Å². The lowest BCUT2D eigenvalue weighted by Crippen LogP contribution is -2.45. The van der Waals surface area contributed by atoms with Gasteiger partial charge in [0.1, 0.15) is 11.9 Å². The standard InChI is InChI=1S/C31H28N6O3/c38-17-21-16-26(36-19-32-27-28(36)34-30-35-33-20-37(30)29(27)39)25(21)18-40-31(22-10-4-1-5-11-22,23-12-6-2-7-13-23)24-14-8-3-9-15-24/h1-15,19-21,25-26,38H,16-18H2,(H,34,35)/t21-,25-,26-/m1/s1. The molecule has 0 aliphatic heterocycles. The van der Waals surface area contributed by atoms with Crippen LogP contribution in [0.1, 0.15) is 29.2 Å². The number of nitrogens with one attached hydrogen (secondary N) is 1. The van der Waals surface area contributed by atoms with E-state index in [1.807, 2.05) is 59.2 Å². The van der Waals surface area contributed by atoms with Crippen LogP contribution in [0.15, 0.2) is 108 Å². The van der Waals surface area contributed by atoms with Gasteiger partial charge in [-0.3, -0.25) is 4.79 Å².